The molecule has 0 radical (unpaired) electrons. The lowest BCUT2D eigenvalue weighted by Crippen LogP contribution is -2.33. The van der Waals surface area contributed by atoms with Gasteiger partial charge >= 0.3 is 6.09 Å². The normalized spacial score (nSPS) is 20.7. The van der Waals surface area contributed by atoms with Crippen molar-refractivity contribution in [3.8, 4) is 0 Å². The minimum Gasteiger partial charge on any atom is -0.453 e. The van der Waals surface area contributed by atoms with Gasteiger partial charge in [0.15, 0.2) is 0 Å². The Morgan fingerprint density at radius 2 is 2.22 bits per heavy atom. The number of hydrogen-bond donors (Lipinski definition) is 1. The van der Waals surface area contributed by atoms with Crippen molar-refractivity contribution in [1.29, 1.82) is 0 Å². The molecule has 0 aromatic rings. The fraction of sp³-hybridized carbons (Fsp3) is 0.833. The van der Waals surface area contributed by atoms with Gasteiger partial charge in [-0.05, 0) is 19.8 Å². The molecule has 0 aromatic carbocycles. The van der Waals surface area contributed by atoms with Gasteiger partial charge in [0.2, 0.25) is 0 Å². The summed E-state index contributed by atoms with van der Waals surface area (Å²) < 4.78 is 4.42. The monoisotopic (exact) mass is 129 g/mol. The van der Waals surface area contributed by atoms with Crippen LogP contribution in [0.4, 0.5) is 4.79 Å². The Morgan fingerprint density at radius 3 is 2.56 bits per heavy atom. The lowest BCUT2D eigenvalue weighted by Gasteiger charge is -2.08. The Balaban J connectivity index is 2.25. The van der Waals surface area contributed by atoms with E-state index in [1.165, 1.54) is 7.11 Å². The highest BCUT2D eigenvalue weighted by molar-refractivity contribution is 5.68. The number of carbonyl (C=O) groups excluding carboxylic acids is 1. The maximum absolute atomic E-state index is 10.5. The summed E-state index contributed by atoms with van der Waals surface area (Å²) in [5, 5.41) is 2.72. The molecule has 0 aromatic heterocycles. The van der Waals surface area contributed by atoms with Gasteiger partial charge in [-0.15, -0.1) is 0 Å². The van der Waals surface area contributed by atoms with Gasteiger partial charge in [0.25, 0.3) is 0 Å². The number of hydrogen-bond acceptors (Lipinski definition) is 2. The van der Waals surface area contributed by atoms with Crippen LogP contribution in [-0.4, -0.2) is 18.7 Å². The fourth-order valence-electron chi connectivity index (χ4n) is 0.610. The van der Waals surface area contributed by atoms with E-state index in [-0.39, 0.29) is 11.6 Å². The van der Waals surface area contributed by atoms with E-state index in [4.69, 9.17) is 0 Å². The van der Waals surface area contributed by atoms with Crippen LogP contribution in [0.25, 0.3) is 0 Å². The molecule has 0 atom stereocenters. The zero-order valence-electron chi connectivity index (χ0n) is 5.73. The van der Waals surface area contributed by atoms with Crippen LogP contribution in [0.2, 0.25) is 0 Å². The Bertz CT molecular complexity index is 129. The molecule has 0 unspecified atom stereocenters. The molecule has 0 bridgehead atoms. The molecule has 1 aliphatic rings. The maximum atomic E-state index is 10.5. The molecular weight excluding hydrogens is 118 g/mol. The van der Waals surface area contributed by atoms with Crippen molar-refractivity contribution in [2.24, 2.45) is 0 Å². The van der Waals surface area contributed by atoms with Crippen molar-refractivity contribution < 1.29 is 9.53 Å². The Hall–Kier alpha value is -0.730. The topological polar surface area (TPSA) is 38.3 Å². The Labute approximate surface area is 54.4 Å². The molecule has 0 saturated heterocycles. The second-order valence-corrected chi connectivity index (χ2v) is 2.68. The summed E-state index contributed by atoms with van der Waals surface area (Å²) in [4.78, 5) is 10.5. The van der Waals surface area contributed by atoms with Crippen LogP contribution in [0.3, 0.4) is 0 Å². The zero-order valence-corrected chi connectivity index (χ0v) is 5.73. The van der Waals surface area contributed by atoms with E-state index >= 15 is 0 Å². The average molecular weight is 129 g/mol. The minimum atomic E-state index is -0.324. The van der Waals surface area contributed by atoms with Gasteiger partial charge in [0, 0.05) is 5.54 Å². The summed E-state index contributed by atoms with van der Waals surface area (Å²) in [6, 6.07) is 0. The van der Waals surface area contributed by atoms with Crippen LogP contribution in [0.15, 0.2) is 0 Å². The van der Waals surface area contributed by atoms with Gasteiger partial charge < -0.3 is 10.1 Å². The van der Waals surface area contributed by atoms with E-state index in [1.807, 2.05) is 6.92 Å². The van der Waals surface area contributed by atoms with Crippen LogP contribution in [0.1, 0.15) is 19.8 Å². The van der Waals surface area contributed by atoms with Crippen molar-refractivity contribution in [1.82, 2.24) is 5.32 Å². The summed E-state index contributed by atoms with van der Waals surface area (Å²) in [7, 11) is 1.38. The first-order chi connectivity index (χ1) is 4.16. The van der Waals surface area contributed by atoms with Gasteiger partial charge in [0.05, 0.1) is 7.11 Å². The zero-order chi connectivity index (χ0) is 6.91. The fourth-order valence-corrected chi connectivity index (χ4v) is 0.610. The molecule has 1 rings (SSSR count). The van der Waals surface area contributed by atoms with Crippen LogP contribution in [0.5, 0.6) is 0 Å². The van der Waals surface area contributed by atoms with E-state index < -0.39 is 0 Å². The standard InChI is InChI=1S/C6H11NO2/c1-6(3-4-6)7-5(8)9-2/h3-4H2,1-2H3,(H,7,8). The Morgan fingerprint density at radius 1 is 1.67 bits per heavy atom. The number of amides is 1. The molecule has 1 amide bonds. The summed E-state index contributed by atoms with van der Waals surface area (Å²) in [5.41, 5.74) is 0.0487. The number of carbonyl (C=O) groups is 1. The van der Waals surface area contributed by atoms with E-state index in [0.29, 0.717) is 0 Å². The van der Waals surface area contributed by atoms with Crippen molar-refractivity contribution in [3.05, 3.63) is 0 Å². The highest BCUT2D eigenvalue weighted by Crippen LogP contribution is 2.34. The van der Waals surface area contributed by atoms with Gasteiger partial charge in [0.1, 0.15) is 0 Å². The van der Waals surface area contributed by atoms with E-state index in [2.05, 4.69) is 10.1 Å². The lowest BCUT2D eigenvalue weighted by molar-refractivity contribution is 0.166. The second-order valence-electron chi connectivity index (χ2n) is 2.68. The molecule has 0 aliphatic heterocycles. The first-order valence-electron chi connectivity index (χ1n) is 3.02. The molecule has 3 nitrogen and oxygen atoms in total. The van der Waals surface area contributed by atoms with E-state index in [9.17, 15) is 4.79 Å². The van der Waals surface area contributed by atoms with Crippen LogP contribution < -0.4 is 5.32 Å². The van der Waals surface area contributed by atoms with E-state index in [0.717, 1.165) is 12.8 Å². The third-order valence-corrected chi connectivity index (χ3v) is 1.59. The SMILES string of the molecule is COC(=O)NC1(C)CC1. The average Bonchev–Trinajstić information content (AvgIpc) is 2.48. The van der Waals surface area contributed by atoms with Crippen molar-refractivity contribution in [3.63, 3.8) is 0 Å². The highest BCUT2D eigenvalue weighted by Gasteiger charge is 2.38. The third-order valence-electron chi connectivity index (χ3n) is 1.59. The number of nitrogens with one attached hydrogen (secondary N) is 1. The molecule has 1 aliphatic carbocycles. The highest BCUT2D eigenvalue weighted by atomic mass is 16.5. The molecule has 1 N–H and O–H groups in total. The predicted molar refractivity (Wildman–Crippen MR) is 33.2 cm³/mol. The summed E-state index contributed by atoms with van der Waals surface area (Å²) >= 11 is 0. The number of ether oxygens (including phenoxy) is 1. The van der Waals surface area contributed by atoms with Crippen LogP contribution in [-0.2, 0) is 4.74 Å². The molecule has 1 fully saturated rings. The molecule has 3 heteroatoms. The summed E-state index contributed by atoms with van der Waals surface area (Å²) in [6.07, 6.45) is 1.82. The molecule has 52 valence electrons. The number of rotatable bonds is 1. The summed E-state index contributed by atoms with van der Waals surface area (Å²) in [5.74, 6) is 0. The summed E-state index contributed by atoms with van der Waals surface area (Å²) in [6.45, 7) is 2.00. The molecular formula is C6H11NO2. The minimum absolute atomic E-state index is 0.0487. The van der Waals surface area contributed by atoms with E-state index in [1.54, 1.807) is 0 Å². The molecule has 9 heavy (non-hydrogen) atoms. The lowest BCUT2D eigenvalue weighted by atomic mass is 10.3. The first kappa shape index (κ1) is 6.39. The van der Waals surface area contributed by atoms with Gasteiger partial charge in [-0.1, -0.05) is 0 Å². The first-order valence-corrected chi connectivity index (χ1v) is 3.02. The number of methoxy groups -OCH3 is 1. The predicted octanol–water partition coefficient (Wildman–Crippen LogP) is 0.895. The van der Waals surface area contributed by atoms with Crippen LogP contribution >= 0.6 is 0 Å². The smallest absolute Gasteiger partial charge is 0.407 e. The van der Waals surface area contributed by atoms with Crippen molar-refractivity contribution in [2.75, 3.05) is 7.11 Å². The van der Waals surface area contributed by atoms with Crippen molar-refractivity contribution in [2.45, 2.75) is 25.3 Å². The number of alkyl carbamates (subject to hydrolysis) is 1. The molecule has 0 heterocycles. The third kappa shape index (κ3) is 1.59. The van der Waals surface area contributed by atoms with Crippen LogP contribution in [0, 0.1) is 0 Å². The Kier molecular flexibility index (Phi) is 1.35. The van der Waals surface area contributed by atoms with Gasteiger partial charge in [-0.2, -0.15) is 0 Å². The van der Waals surface area contributed by atoms with Crippen molar-refractivity contribution >= 4 is 6.09 Å². The second kappa shape index (κ2) is 1.90. The molecule has 1 saturated carbocycles. The van der Waals surface area contributed by atoms with Gasteiger partial charge in [-0.25, -0.2) is 4.79 Å². The quantitative estimate of drug-likeness (QED) is 0.571. The largest absolute Gasteiger partial charge is 0.453 e. The van der Waals surface area contributed by atoms with Gasteiger partial charge in [-0.3, -0.25) is 0 Å². The maximum Gasteiger partial charge on any atom is 0.407 e. The molecule has 0 spiro atoms.